The number of amides is 1. The van der Waals surface area contributed by atoms with Gasteiger partial charge in [0.15, 0.2) is 6.10 Å². The molecule has 2 unspecified atom stereocenters. The van der Waals surface area contributed by atoms with Gasteiger partial charge in [0.1, 0.15) is 18.1 Å². The number of benzene rings is 1. The van der Waals surface area contributed by atoms with Crippen molar-refractivity contribution in [1.29, 1.82) is 0 Å². The molecule has 2 rings (SSSR count). The van der Waals surface area contributed by atoms with Crippen molar-refractivity contribution in [1.82, 2.24) is 5.32 Å². The van der Waals surface area contributed by atoms with Crippen LogP contribution in [0.1, 0.15) is 31.9 Å². The van der Waals surface area contributed by atoms with Crippen molar-refractivity contribution in [3.63, 3.8) is 0 Å². The number of carbonyl (C=O) groups excluding carboxylic acids is 1. The van der Waals surface area contributed by atoms with Crippen molar-refractivity contribution in [3.8, 4) is 11.5 Å². The maximum atomic E-state index is 11.7. The number of carbonyl (C=O) groups is 1. The maximum Gasteiger partial charge on any atom is 0.260 e. The third-order valence-electron chi connectivity index (χ3n) is 3.03. The lowest BCUT2D eigenvalue weighted by Gasteiger charge is -2.15. The number of hydrogen-bond donors (Lipinski definition) is 2. The minimum Gasteiger partial charge on any atom is -0.491 e. The molecule has 0 saturated heterocycles. The molecule has 0 radical (unpaired) electrons. The average molecular weight is 264 g/mol. The van der Waals surface area contributed by atoms with Gasteiger partial charge in [0.2, 0.25) is 0 Å². The zero-order valence-corrected chi connectivity index (χ0v) is 11.3. The first-order chi connectivity index (χ1) is 9.11. The van der Waals surface area contributed by atoms with E-state index in [0.717, 1.165) is 17.7 Å². The quantitative estimate of drug-likeness (QED) is 0.842. The molecule has 3 N–H and O–H groups in total. The normalized spacial score (nSPS) is 18.4. The summed E-state index contributed by atoms with van der Waals surface area (Å²) in [5.74, 6) is 1.25. The Bertz CT molecular complexity index is 462. The van der Waals surface area contributed by atoms with E-state index in [0.29, 0.717) is 18.9 Å². The van der Waals surface area contributed by atoms with Gasteiger partial charge in [-0.3, -0.25) is 4.79 Å². The van der Waals surface area contributed by atoms with E-state index in [-0.39, 0.29) is 11.9 Å². The van der Waals surface area contributed by atoms with Crippen molar-refractivity contribution in [2.75, 3.05) is 13.2 Å². The smallest absolute Gasteiger partial charge is 0.260 e. The number of ether oxygens (including phenoxy) is 2. The van der Waals surface area contributed by atoms with Crippen LogP contribution in [0.15, 0.2) is 18.2 Å². The molecule has 19 heavy (non-hydrogen) atoms. The third-order valence-corrected chi connectivity index (χ3v) is 3.03. The van der Waals surface area contributed by atoms with Gasteiger partial charge < -0.3 is 20.5 Å². The van der Waals surface area contributed by atoms with Crippen molar-refractivity contribution < 1.29 is 14.3 Å². The average Bonchev–Trinajstić information content (AvgIpc) is 2.77. The summed E-state index contributed by atoms with van der Waals surface area (Å²) >= 11 is 0. The summed E-state index contributed by atoms with van der Waals surface area (Å²) in [5.41, 5.74) is 6.85. The van der Waals surface area contributed by atoms with E-state index >= 15 is 0 Å². The second-order valence-corrected chi connectivity index (χ2v) is 4.67. The van der Waals surface area contributed by atoms with Gasteiger partial charge in [-0.15, -0.1) is 0 Å². The molecule has 0 fully saturated rings. The van der Waals surface area contributed by atoms with Crippen LogP contribution in [0.3, 0.4) is 0 Å². The van der Waals surface area contributed by atoms with Crippen LogP contribution in [0, 0.1) is 0 Å². The highest BCUT2D eigenvalue weighted by atomic mass is 16.5. The van der Waals surface area contributed by atoms with Gasteiger partial charge in [-0.2, -0.15) is 0 Å². The van der Waals surface area contributed by atoms with Crippen molar-refractivity contribution in [3.05, 3.63) is 23.8 Å². The Morgan fingerprint density at radius 1 is 1.63 bits per heavy atom. The van der Waals surface area contributed by atoms with Crippen LogP contribution in [-0.4, -0.2) is 25.2 Å². The zero-order valence-electron chi connectivity index (χ0n) is 11.3. The second-order valence-electron chi connectivity index (χ2n) is 4.67. The van der Waals surface area contributed by atoms with E-state index in [1.165, 1.54) is 0 Å². The molecule has 1 aromatic carbocycles. The molecule has 0 aromatic heterocycles. The first-order valence-corrected chi connectivity index (χ1v) is 6.58. The minimum atomic E-state index is -0.528. The Morgan fingerprint density at radius 2 is 2.42 bits per heavy atom. The molecule has 0 bridgehead atoms. The minimum absolute atomic E-state index is 0.0747. The molecule has 1 aliphatic heterocycles. The Kier molecular flexibility index (Phi) is 4.27. The molecule has 0 spiro atoms. The highest BCUT2D eigenvalue weighted by molar-refractivity contribution is 5.80. The highest BCUT2D eigenvalue weighted by Gasteiger charge is 2.22. The van der Waals surface area contributed by atoms with Crippen LogP contribution < -0.4 is 20.5 Å². The first kappa shape index (κ1) is 13.7. The second kappa shape index (κ2) is 5.93. The fourth-order valence-electron chi connectivity index (χ4n) is 1.94. The summed E-state index contributed by atoms with van der Waals surface area (Å²) < 4.78 is 11.1. The van der Waals surface area contributed by atoms with E-state index in [9.17, 15) is 4.79 Å². The van der Waals surface area contributed by atoms with Crippen LogP contribution >= 0.6 is 0 Å². The van der Waals surface area contributed by atoms with Crippen molar-refractivity contribution >= 4 is 5.91 Å². The van der Waals surface area contributed by atoms with Gasteiger partial charge >= 0.3 is 0 Å². The lowest BCUT2D eigenvalue weighted by atomic mass is 10.1. The summed E-state index contributed by atoms with van der Waals surface area (Å²) in [7, 11) is 0. The standard InChI is InChI=1S/C14H20N2O3/c1-3-6-16-14(17)9(2)19-10-4-5-11-12(15)8-18-13(11)7-10/h4-5,7,9,12H,3,6,8,15H2,1-2H3,(H,16,17). The highest BCUT2D eigenvalue weighted by Crippen LogP contribution is 2.34. The number of fused-ring (bicyclic) bond motifs is 1. The fourth-order valence-corrected chi connectivity index (χ4v) is 1.94. The Hall–Kier alpha value is -1.75. The van der Waals surface area contributed by atoms with Crippen LogP contribution in [0.25, 0.3) is 0 Å². The molecule has 0 aliphatic carbocycles. The molecular formula is C14H20N2O3. The van der Waals surface area contributed by atoms with Gasteiger partial charge in [-0.05, 0) is 25.5 Å². The molecule has 5 heteroatoms. The Balaban J connectivity index is 1.98. The maximum absolute atomic E-state index is 11.7. The van der Waals surface area contributed by atoms with Crippen LogP contribution in [-0.2, 0) is 4.79 Å². The molecular weight excluding hydrogens is 244 g/mol. The lowest BCUT2D eigenvalue weighted by Crippen LogP contribution is -2.36. The molecule has 1 aliphatic rings. The third kappa shape index (κ3) is 3.17. The van der Waals surface area contributed by atoms with Crippen LogP contribution in [0.5, 0.6) is 11.5 Å². The Labute approximate surface area is 113 Å². The van der Waals surface area contributed by atoms with Crippen molar-refractivity contribution in [2.45, 2.75) is 32.4 Å². The largest absolute Gasteiger partial charge is 0.491 e. The van der Waals surface area contributed by atoms with Crippen molar-refractivity contribution in [2.24, 2.45) is 5.73 Å². The predicted molar refractivity (Wildman–Crippen MR) is 72.3 cm³/mol. The van der Waals surface area contributed by atoms with Gasteiger partial charge in [0, 0.05) is 18.2 Å². The first-order valence-electron chi connectivity index (χ1n) is 6.58. The van der Waals surface area contributed by atoms with Gasteiger partial charge in [-0.25, -0.2) is 0 Å². The molecule has 0 saturated carbocycles. The summed E-state index contributed by atoms with van der Waals surface area (Å²) in [4.78, 5) is 11.7. The van der Waals surface area contributed by atoms with E-state index in [2.05, 4.69) is 5.32 Å². The molecule has 5 nitrogen and oxygen atoms in total. The van der Waals surface area contributed by atoms with Crippen LogP contribution in [0.4, 0.5) is 0 Å². The van der Waals surface area contributed by atoms with Gasteiger partial charge in [0.05, 0.1) is 6.04 Å². The summed E-state index contributed by atoms with van der Waals surface area (Å²) in [6.07, 6.45) is 0.378. The number of nitrogens with one attached hydrogen (secondary N) is 1. The van der Waals surface area contributed by atoms with Crippen LogP contribution in [0.2, 0.25) is 0 Å². The van der Waals surface area contributed by atoms with E-state index in [1.807, 2.05) is 19.1 Å². The van der Waals surface area contributed by atoms with E-state index in [4.69, 9.17) is 15.2 Å². The molecule has 1 heterocycles. The molecule has 1 amide bonds. The summed E-state index contributed by atoms with van der Waals surface area (Å²) in [5, 5.41) is 2.80. The predicted octanol–water partition coefficient (Wildman–Crippen LogP) is 1.37. The fraction of sp³-hybridized carbons (Fsp3) is 0.500. The zero-order chi connectivity index (χ0) is 13.8. The van der Waals surface area contributed by atoms with E-state index < -0.39 is 6.10 Å². The number of nitrogens with two attached hydrogens (primary N) is 1. The molecule has 104 valence electrons. The number of rotatable bonds is 5. The molecule has 1 aromatic rings. The Morgan fingerprint density at radius 3 is 3.16 bits per heavy atom. The van der Waals surface area contributed by atoms with Gasteiger partial charge in [-0.1, -0.05) is 6.92 Å². The van der Waals surface area contributed by atoms with Gasteiger partial charge in [0.25, 0.3) is 5.91 Å². The summed E-state index contributed by atoms with van der Waals surface area (Å²) in [6.45, 7) is 4.89. The number of hydrogen-bond acceptors (Lipinski definition) is 4. The monoisotopic (exact) mass is 264 g/mol. The van der Waals surface area contributed by atoms with E-state index in [1.54, 1.807) is 13.0 Å². The SMILES string of the molecule is CCCNC(=O)C(C)Oc1ccc2c(c1)OCC2N. The molecule has 2 atom stereocenters. The summed E-state index contributed by atoms with van der Waals surface area (Å²) in [6, 6.07) is 5.41. The lowest BCUT2D eigenvalue weighted by molar-refractivity contribution is -0.127. The topological polar surface area (TPSA) is 73.6 Å².